The minimum atomic E-state index is -0.997. The molecular formula is C17H14F2N2O5. The van der Waals surface area contributed by atoms with Crippen molar-refractivity contribution in [2.24, 2.45) is 0 Å². The van der Waals surface area contributed by atoms with Crippen LogP contribution in [-0.2, 0) is 4.74 Å². The van der Waals surface area contributed by atoms with Gasteiger partial charge in [0.2, 0.25) is 5.78 Å². The summed E-state index contributed by atoms with van der Waals surface area (Å²) in [6.07, 6.45) is 0. The van der Waals surface area contributed by atoms with Crippen molar-refractivity contribution in [3.63, 3.8) is 0 Å². The largest absolute Gasteiger partial charge is 0.454 e. The van der Waals surface area contributed by atoms with Crippen molar-refractivity contribution in [1.29, 1.82) is 0 Å². The fourth-order valence-electron chi connectivity index (χ4n) is 2.18. The van der Waals surface area contributed by atoms with Crippen molar-refractivity contribution in [2.45, 2.75) is 0 Å². The molecule has 0 amide bonds. The monoisotopic (exact) mass is 364 g/mol. The molecular weight excluding hydrogens is 350 g/mol. The van der Waals surface area contributed by atoms with Crippen LogP contribution in [0, 0.1) is 21.7 Å². The molecule has 0 radical (unpaired) electrons. The van der Waals surface area contributed by atoms with E-state index >= 15 is 0 Å². The number of anilines is 1. The second-order valence-corrected chi connectivity index (χ2v) is 5.48. The quantitative estimate of drug-likeness (QED) is 0.339. The molecule has 2 aromatic carbocycles. The van der Waals surface area contributed by atoms with Crippen molar-refractivity contribution in [1.82, 2.24) is 0 Å². The zero-order valence-electron chi connectivity index (χ0n) is 13.9. The SMILES string of the molecule is CN(C)c1ccc(C(=O)OCC(=O)c2cc(F)ccc2F)cc1[N+](=O)[O-]. The Labute approximate surface area is 146 Å². The number of nitro groups is 1. The number of hydrogen-bond donors (Lipinski definition) is 0. The van der Waals surface area contributed by atoms with Crippen LogP contribution < -0.4 is 4.90 Å². The van der Waals surface area contributed by atoms with E-state index in [0.717, 1.165) is 18.2 Å². The topological polar surface area (TPSA) is 89.8 Å². The van der Waals surface area contributed by atoms with Crippen molar-refractivity contribution in [3.8, 4) is 0 Å². The fourth-order valence-corrected chi connectivity index (χ4v) is 2.18. The van der Waals surface area contributed by atoms with Gasteiger partial charge in [0.1, 0.15) is 17.3 Å². The zero-order chi connectivity index (χ0) is 19.4. The Balaban J connectivity index is 2.15. The standard InChI is InChI=1S/C17H14F2N2O5/c1-20(2)14-6-3-10(7-15(14)21(24)25)17(23)26-9-16(22)12-8-11(18)4-5-13(12)19/h3-8H,9H2,1-2H3. The molecule has 2 aromatic rings. The summed E-state index contributed by atoms with van der Waals surface area (Å²) in [5, 5.41) is 11.1. The first-order valence-corrected chi connectivity index (χ1v) is 7.32. The molecule has 0 heterocycles. The molecule has 0 saturated carbocycles. The molecule has 0 N–H and O–H groups in total. The molecule has 0 spiro atoms. The molecule has 2 rings (SSSR count). The smallest absolute Gasteiger partial charge is 0.338 e. The Morgan fingerprint density at radius 3 is 2.46 bits per heavy atom. The third kappa shape index (κ3) is 4.18. The molecule has 0 aliphatic rings. The number of benzene rings is 2. The second kappa shape index (κ2) is 7.68. The van der Waals surface area contributed by atoms with Crippen molar-refractivity contribution in [2.75, 3.05) is 25.6 Å². The van der Waals surface area contributed by atoms with Crippen LogP contribution in [0.1, 0.15) is 20.7 Å². The van der Waals surface area contributed by atoms with Crippen molar-refractivity contribution in [3.05, 3.63) is 69.3 Å². The van der Waals surface area contributed by atoms with Crippen molar-refractivity contribution < 1.29 is 28.0 Å². The maximum absolute atomic E-state index is 13.5. The normalized spacial score (nSPS) is 10.3. The maximum Gasteiger partial charge on any atom is 0.338 e. The second-order valence-electron chi connectivity index (χ2n) is 5.48. The Morgan fingerprint density at radius 2 is 1.85 bits per heavy atom. The number of hydrogen-bond acceptors (Lipinski definition) is 6. The third-order valence-corrected chi connectivity index (χ3v) is 3.45. The molecule has 0 saturated heterocycles. The molecule has 0 aromatic heterocycles. The average Bonchev–Trinajstić information content (AvgIpc) is 2.60. The minimum Gasteiger partial charge on any atom is -0.454 e. The number of carbonyl (C=O) groups excluding carboxylic acids is 2. The van der Waals surface area contributed by atoms with Gasteiger partial charge in [-0.3, -0.25) is 14.9 Å². The Kier molecular flexibility index (Phi) is 5.61. The maximum atomic E-state index is 13.5. The highest BCUT2D eigenvalue weighted by molar-refractivity contribution is 5.99. The lowest BCUT2D eigenvalue weighted by Crippen LogP contribution is -2.16. The first kappa shape index (κ1) is 19.0. The van der Waals surface area contributed by atoms with Crippen LogP contribution in [0.3, 0.4) is 0 Å². The van der Waals surface area contributed by atoms with E-state index in [2.05, 4.69) is 0 Å². The summed E-state index contributed by atoms with van der Waals surface area (Å²) in [5.74, 6) is -3.69. The van der Waals surface area contributed by atoms with Gasteiger partial charge in [-0.2, -0.15) is 0 Å². The number of Topliss-reactive ketones (excluding diaryl/α,β-unsaturated/α-hetero) is 1. The summed E-state index contributed by atoms with van der Waals surface area (Å²) < 4.78 is 31.4. The van der Waals surface area contributed by atoms with E-state index in [-0.39, 0.29) is 16.9 Å². The molecule has 0 unspecified atom stereocenters. The number of esters is 1. The molecule has 0 aliphatic heterocycles. The van der Waals surface area contributed by atoms with Gasteiger partial charge in [-0.05, 0) is 30.3 Å². The van der Waals surface area contributed by atoms with Gasteiger partial charge in [0.15, 0.2) is 6.61 Å². The number of nitro benzene ring substituents is 1. The van der Waals surface area contributed by atoms with Crippen LogP contribution in [0.15, 0.2) is 36.4 Å². The van der Waals surface area contributed by atoms with Crippen LogP contribution >= 0.6 is 0 Å². The predicted molar refractivity (Wildman–Crippen MR) is 88.4 cm³/mol. The van der Waals surface area contributed by atoms with Gasteiger partial charge in [0.05, 0.1) is 16.1 Å². The van der Waals surface area contributed by atoms with Crippen LogP contribution in [0.5, 0.6) is 0 Å². The van der Waals surface area contributed by atoms with Crippen molar-refractivity contribution >= 4 is 23.1 Å². The van der Waals surface area contributed by atoms with E-state index in [1.165, 1.54) is 17.0 Å². The number of nitrogens with zero attached hydrogens (tertiary/aromatic N) is 2. The Hall–Kier alpha value is -3.36. The summed E-state index contributed by atoms with van der Waals surface area (Å²) in [5.41, 5.74) is -0.724. The van der Waals surface area contributed by atoms with E-state index in [4.69, 9.17) is 4.74 Å². The number of rotatable bonds is 6. The zero-order valence-corrected chi connectivity index (χ0v) is 13.9. The van der Waals surface area contributed by atoms with Gasteiger partial charge < -0.3 is 9.64 Å². The molecule has 136 valence electrons. The van der Waals surface area contributed by atoms with E-state index in [0.29, 0.717) is 6.07 Å². The minimum absolute atomic E-state index is 0.144. The molecule has 0 fully saturated rings. The highest BCUT2D eigenvalue weighted by Gasteiger charge is 2.21. The van der Waals surface area contributed by atoms with Gasteiger partial charge in [0, 0.05) is 20.2 Å². The Morgan fingerprint density at radius 1 is 1.15 bits per heavy atom. The average molecular weight is 364 g/mol. The van der Waals surface area contributed by atoms with Crippen LogP contribution in [0.2, 0.25) is 0 Å². The number of halogens is 2. The van der Waals surface area contributed by atoms with Crippen LogP contribution in [0.4, 0.5) is 20.2 Å². The van der Waals surface area contributed by atoms with E-state index in [1.807, 2.05) is 0 Å². The van der Waals surface area contributed by atoms with Gasteiger partial charge in [-0.15, -0.1) is 0 Å². The van der Waals surface area contributed by atoms with E-state index < -0.39 is 40.5 Å². The van der Waals surface area contributed by atoms with Gasteiger partial charge in [0.25, 0.3) is 5.69 Å². The van der Waals surface area contributed by atoms with E-state index in [1.54, 1.807) is 14.1 Å². The molecule has 0 atom stereocenters. The lowest BCUT2D eigenvalue weighted by molar-refractivity contribution is -0.384. The number of ether oxygens (including phenoxy) is 1. The third-order valence-electron chi connectivity index (χ3n) is 3.45. The van der Waals surface area contributed by atoms with Crippen LogP contribution in [-0.4, -0.2) is 37.4 Å². The highest BCUT2D eigenvalue weighted by Crippen LogP contribution is 2.28. The molecule has 0 bridgehead atoms. The van der Waals surface area contributed by atoms with Gasteiger partial charge in [-0.25, -0.2) is 13.6 Å². The number of carbonyl (C=O) groups is 2. The summed E-state index contributed by atoms with van der Waals surface area (Å²) in [7, 11) is 3.21. The molecule has 9 heteroatoms. The number of ketones is 1. The highest BCUT2D eigenvalue weighted by atomic mass is 19.1. The lowest BCUT2D eigenvalue weighted by Gasteiger charge is -2.13. The first-order chi connectivity index (χ1) is 12.2. The Bertz CT molecular complexity index is 883. The summed E-state index contributed by atoms with van der Waals surface area (Å²) >= 11 is 0. The van der Waals surface area contributed by atoms with Gasteiger partial charge >= 0.3 is 5.97 Å². The molecule has 26 heavy (non-hydrogen) atoms. The predicted octanol–water partition coefficient (Wildman–Crippen LogP) is 2.98. The summed E-state index contributed by atoms with van der Waals surface area (Å²) in [4.78, 5) is 35.9. The van der Waals surface area contributed by atoms with E-state index in [9.17, 15) is 28.5 Å². The molecule has 0 aliphatic carbocycles. The summed E-state index contributed by atoms with van der Waals surface area (Å²) in [6, 6.07) is 6.02. The van der Waals surface area contributed by atoms with Crippen LogP contribution in [0.25, 0.3) is 0 Å². The van der Waals surface area contributed by atoms with Gasteiger partial charge in [-0.1, -0.05) is 0 Å². The lowest BCUT2D eigenvalue weighted by atomic mass is 10.1. The first-order valence-electron chi connectivity index (χ1n) is 7.32. The summed E-state index contributed by atoms with van der Waals surface area (Å²) in [6.45, 7) is -0.831. The molecule has 7 nitrogen and oxygen atoms in total. The fraction of sp³-hybridized carbons (Fsp3) is 0.176.